The predicted octanol–water partition coefficient (Wildman–Crippen LogP) is 3.34. The summed E-state index contributed by atoms with van der Waals surface area (Å²) in [7, 11) is 1.61. The largest absolute Gasteiger partial charge is 0.497 e. The third-order valence-electron chi connectivity index (χ3n) is 4.01. The number of benzene rings is 2. The average molecular weight is 337 g/mol. The van der Waals surface area contributed by atoms with Gasteiger partial charge in [-0.15, -0.1) is 0 Å². The van der Waals surface area contributed by atoms with Gasteiger partial charge in [-0.05, 0) is 49.4 Å². The van der Waals surface area contributed by atoms with E-state index >= 15 is 0 Å². The summed E-state index contributed by atoms with van der Waals surface area (Å²) in [6.07, 6.45) is 0. The van der Waals surface area contributed by atoms with E-state index in [9.17, 15) is 4.79 Å². The fourth-order valence-electron chi connectivity index (χ4n) is 2.70. The van der Waals surface area contributed by atoms with Crippen LogP contribution in [-0.4, -0.2) is 21.8 Å². The summed E-state index contributed by atoms with van der Waals surface area (Å²) in [4.78, 5) is 16.2. The van der Waals surface area contributed by atoms with Crippen LogP contribution in [0.3, 0.4) is 0 Å². The molecule has 0 unspecified atom stereocenters. The normalized spacial score (nSPS) is 11.1. The topological polar surface area (TPSA) is 83.3 Å². The molecular weight excluding hydrogens is 322 g/mol. The van der Waals surface area contributed by atoms with Crippen molar-refractivity contribution in [2.45, 2.75) is 13.5 Å². The van der Waals surface area contributed by atoms with Crippen LogP contribution in [0.25, 0.3) is 33.9 Å². The predicted molar refractivity (Wildman–Crippen MR) is 91.4 cm³/mol. The Balaban J connectivity index is 1.71. The minimum Gasteiger partial charge on any atom is -0.497 e. The summed E-state index contributed by atoms with van der Waals surface area (Å²) in [5.41, 5.74) is 2.76. The van der Waals surface area contributed by atoms with Gasteiger partial charge in [0.2, 0.25) is 5.82 Å². The van der Waals surface area contributed by atoms with Gasteiger partial charge in [0.05, 0.1) is 12.6 Å². The molecule has 0 radical (unpaired) electrons. The Bertz CT molecular complexity index is 1090. The lowest BCUT2D eigenvalue weighted by Crippen LogP contribution is -2.11. The molecule has 4 rings (SSSR count). The maximum absolute atomic E-state index is 11.8. The second kappa shape index (κ2) is 5.94. The van der Waals surface area contributed by atoms with Crippen LogP contribution in [0.5, 0.6) is 5.75 Å². The van der Waals surface area contributed by atoms with E-state index in [0.717, 1.165) is 16.8 Å². The molecule has 7 heteroatoms. The Morgan fingerprint density at radius 1 is 1.12 bits per heavy atom. The van der Waals surface area contributed by atoms with Crippen molar-refractivity contribution in [2.75, 3.05) is 7.11 Å². The van der Waals surface area contributed by atoms with Crippen LogP contribution in [0.4, 0.5) is 0 Å². The van der Waals surface area contributed by atoms with Gasteiger partial charge in [-0.25, -0.2) is 4.79 Å². The van der Waals surface area contributed by atoms with E-state index in [-0.39, 0.29) is 5.76 Å². The number of nitrogens with zero attached hydrogens (tertiary/aromatic N) is 3. The highest BCUT2D eigenvalue weighted by Gasteiger charge is 2.14. The highest BCUT2D eigenvalue weighted by molar-refractivity contribution is 5.79. The number of methoxy groups -OCH3 is 1. The third-order valence-corrected chi connectivity index (χ3v) is 4.01. The Labute approximate surface area is 142 Å². The first-order valence-electron chi connectivity index (χ1n) is 7.81. The van der Waals surface area contributed by atoms with Gasteiger partial charge in [0.25, 0.3) is 5.89 Å². The van der Waals surface area contributed by atoms with Gasteiger partial charge >= 0.3 is 5.76 Å². The standard InChI is InChI=1S/C18H15N3O4/c1-3-21-14-9-6-12(10-15(14)24-18(21)22)16-19-17(25-20-16)11-4-7-13(23-2)8-5-11/h4-10H,3H2,1-2H3. The fourth-order valence-corrected chi connectivity index (χ4v) is 2.70. The summed E-state index contributed by atoms with van der Waals surface area (Å²) in [6.45, 7) is 2.44. The first-order chi connectivity index (χ1) is 12.2. The number of rotatable bonds is 4. The van der Waals surface area contributed by atoms with Crippen LogP contribution in [0, 0.1) is 0 Å². The monoisotopic (exact) mass is 337 g/mol. The van der Waals surface area contributed by atoms with Crippen molar-refractivity contribution in [1.82, 2.24) is 14.7 Å². The van der Waals surface area contributed by atoms with E-state index in [1.54, 1.807) is 17.7 Å². The van der Waals surface area contributed by atoms with E-state index in [4.69, 9.17) is 13.7 Å². The second-order valence-electron chi connectivity index (χ2n) is 5.45. The zero-order chi connectivity index (χ0) is 17.4. The van der Waals surface area contributed by atoms with E-state index in [1.165, 1.54) is 0 Å². The minimum absolute atomic E-state index is 0.373. The molecule has 0 fully saturated rings. The molecule has 0 aliphatic heterocycles. The van der Waals surface area contributed by atoms with Crippen molar-refractivity contribution >= 4 is 11.1 Å². The molecule has 2 aromatic heterocycles. The Kier molecular flexibility index (Phi) is 3.61. The lowest BCUT2D eigenvalue weighted by Gasteiger charge is -1.99. The van der Waals surface area contributed by atoms with E-state index in [0.29, 0.717) is 29.4 Å². The van der Waals surface area contributed by atoms with E-state index in [2.05, 4.69) is 10.1 Å². The molecule has 0 N–H and O–H groups in total. The fraction of sp³-hybridized carbons (Fsp3) is 0.167. The summed E-state index contributed by atoms with van der Waals surface area (Å²) < 4.78 is 17.3. The number of aromatic nitrogens is 3. The average Bonchev–Trinajstić information content (AvgIpc) is 3.25. The molecule has 4 aromatic rings. The summed E-state index contributed by atoms with van der Waals surface area (Å²) in [6, 6.07) is 12.8. The molecule has 2 aromatic carbocycles. The van der Waals surface area contributed by atoms with Crippen LogP contribution in [0.15, 0.2) is 56.2 Å². The van der Waals surface area contributed by atoms with Crippen molar-refractivity contribution in [1.29, 1.82) is 0 Å². The van der Waals surface area contributed by atoms with Gasteiger partial charge in [-0.3, -0.25) is 4.57 Å². The number of hydrogen-bond acceptors (Lipinski definition) is 6. The summed E-state index contributed by atoms with van der Waals surface area (Å²) >= 11 is 0. The Morgan fingerprint density at radius 2 is 1.88 bits per heavy atom. The molecule has 25 heavy (non-hydrogen) atoms. The van der Waals surface area contributed by atoms with Gasteiger partial charge in [-0.2, -0.15) is 4.98 Å². The SMILES string of the molecule is CCn1c(=O)oc2cc(-c3noc(-c4ccc(OC)cc4)n3)ccc21. The van der Waals surface area contributed by atoms with Gasteiger partial charge in [0.1, 0.15) is 5.75 Å². The summed E-state index contributed by atoms with van der Waals surface area (Å²) in [5, 5.41) is 4.02. The highest BCUT2D eigenvalue weighted by atomic mass is 16.5. The lowest BCUT2D eigenvalue weighted by molar-refractivity contribution is 0.414. The van der Waals surface area contributed by atoms with Crippen LogP contribution in [0.2, 0.25) is 0 Å². The van der Waals surface area contributed by atoms with Crippen molar-refractivity contribution in [3.63, 3.8) is 0 Å². The quantitative estimate of drug-likeness (QED) is 0.568. The van der Waals surface area contributed by atoms with Gasteiger partial charge in [0.15, 0.2) is 5.58 Å². The highest BCUT2D eigenvalue weighted by Crippen LogP contribution is 2.26. The van der Waals surface area contributed by atoms with Crippen molar-refractivity contribution in [3.05, 3.63) is 53.0 Å². The molecule has 7 nitrogen and oxygen atoms in total. The van der Waals surface area contributed by atoms with E-state index in [1.807, 2.05) is 43.3 Å². The number of fused-ring (bicyclic) bond motifs is 1. The zero-order valence-electron chi connectivity index (χ0n) is 13.7. The molecule has 0 saturated carbocycles. The molecule has 0 aliphatic carbocycles. The first-order valence-corrected chi connectivity index (χ1v) is 7.81. The number of oxazole rings is 1. The maximum Gasteiger partial charge on any atom is 0.419 e. The molecular formula is C18H15N3O4. The third kappa shape index (κ3) is 2.59. The van der Waals surface area contributed by atoms with Crippen LogP contribution < -0.4 is 10.5 Å². The molecule has 126 valence electrons. The number of aryl methyl sites for hydroxylation is 1. The zero-order valence-corrected chi connectivity index (χ0v) is 13.7. The maximum atomic E-state index is 11.8. The molecule has 0 amide bonds. The molecule has 0 bridgehead atoms. The smallest absolute Gasteiger partial charge is 0.419 e. The van der Waals surface area contributed by atoms with Crippen LogP contribution >= 0.6 is 0 Å². The minimum atomic E-state index is -0.373. The molecule has 0 atom stereocenters. The van der Waals surface area contributed by atoms with Gasteiger partial charge in [0, 0.05) is 17.7 Å². The van der Waals surface area contributed by atoms with Gasteiger partial charge in [-0.1, -0.05) is 5.16 Å². The van der Waals surface area contributed by atoms with Crippen molar-refractivity contribution < 1.29 is 13.7 Å². The molecule has 0 saturated heterocycles. The molecule has 2 heterocycles. The number of hydrogen-bond donors (Lipinski definition) is 0. The Morgan fingerprint density at radius 3 is 2.60 bits per heavy atom. The summed E-state index contributed by atoms with van der Waals surface area (Å²) in [5.74, 6) is 1.22. The van der Waals surface area contributed by atoms with Crippen molar-refractivity contribution in [2.24, 2.45) is 0 Å². The second-order valence-corrected chi connectivity index (χ2v) is 5.45. The van der Waals surface area contributed by atoms with E-state index < -0.39 is 0 Å². The van der Waals surface area contributed by atoms with Crippen molar-refractivity contribution in [3.8, 4) is 28.6 Å². The first kappa shape index (κ1) is 15.2. The number of ether oxygens (including phenoxy) is 1. The molecule has 0 aliphatic rings. The van der Waals surface area contributed by atoms with Gasteiger partial charge < -0.3 is 13.7 Å². The van der Waals surface area contributed by atoms with Crippen LogP contribution in [-0.2, 0) is 6.54 Å². The lowest BCUT2D eigenvalue weighted by atomic mass is 10.2. The Hall–Kier alpha value is -3.35. The molecule has 0 spiro atoms. The van der Waals surface area contributed by atoms with Crippen LogP contribution in [0.1, 0.15) is 6.92 Å².